The van der Waals surface area contributed by atoms with Gasteiger partial charge in [0.15, 0.2) is 0 Å². The van der Waals surface area contributed by atoms with Crippen molar-refractivity contribution in [3.8, 4) is 0 Å². The van der Waals surface area contributed by atoms with Crippen LogP contribution in [0.1, 0.15) is 24.5 Å². The van der Waals surface area contributed by atoms with Crippen LogP contribution in [0.4, 0.5) is 5.69 Å². The van der Waals surface area contributed by atoms with Crippen molar-refractivity contribution in [2.75, 3.05) is 31.1 Å². The van der Waals surface area contributed by atoms with Crippen molar-refractivity contribution in [2.24, 2.45) is 5.73 Å². The Morgan fingerprint density at radius 3 is 2.65 bits per heavy atom. The molecule has 1 aromatic rings. The average molecular weight is 291 g/mol. The number of benzene rings is 1. The summed E-state index contributed by atoms with van der Waals surface area (Å²) >= 11 is 5.15. The van der Waals surface area contributed by atoms with Gasteiger partial charge in [0.05, 0.1) is 0 Å². The first-order valence-corrected chi connectivity index (χ1v) is 7.31. The molecular formula is C15H21N3OS. The lowest BCUT2D eigenvalue weighted by Gasteiger charge is -2.26. The van der Waals surface area contributed by atoms with E-state index in [0.29, 0.717) is 4.99 Å². The third-order valence-corrected chi connectivity index (χ3v) is 3.92. The van der Waals surface area contributed by atoms with Crippen LogP contribution in [0.5, 0.6) is 0 Å². The van der Waals surface area contributed by atoms with Crippen molar-refractivity contribution in [3.05, 3.63) is 29.3 Å². The Kier molecular flexibility index (Phi) is 4.60. The second kappa shape index (κ2) is 6.22. The van der Waals surface area contributed by atoms with Crippen LogP contribution in [0.2, 0.25) is 0 Å². The zero-order valence-corrected chi connectivity index (χ0v) is 12.9. The normalized spacial score (nSPS) is 15.9. The molecule has 0 aliphatic carbocycles. The molecule has 1 aliphatic rings. The van der Waals surface area contributed by atoms with Crippen LogP contribution in [-0.4, -0.2) is 42.0 Å². The first-order valence-electron chi connectivity index (χ1n) is 6.90. The molecule has 2 rings (SSSR count). The van der Waals surface area contributed by atoms with Crippen LogP contribution in [0.15, 0.2) is 18.2 Å². The highest BCUT2D eigenvalue weighted by atomic mass is 32.1. The van der Waals surface area contributed by atoms with Crippen molar-refractivity contribution in [2.45, 2.75) is 20.3 Å². The Labute approximate surface area is 125 Å². The minimum Gasteiger partial charge on any atom is -0.389 e. The Bertz CT molecular complexity index is 530. The molecule has 108 valence electrons. The van der Waals surface area contributed by atoms with E-state index in [0.717, 1.165) is 43.9 Å². The van der Waals surface area contributed by atoms with Gasteiger partial charge in [0.25, 0.3) is 0 Å². The Morgan fingerprint density at radius 2 is 2.00 bits per heavy atom. The second-order valence-electron chi connectivity index (χ2n) is 5.23. The topological polar surface area (TPSA) is 49.6 Å². The fraction of sp³-hybridized carbons (Fsp3) is 0.467. The number of hydrogen-bond acceptors (Lipinski definition) is 3. The summed E-state index contributed by atoms with van der Waals surface area (Å²) in [7, 11) is 0. The summed E-state index contributed by atoms with van der Waals surface area (Å²) in [5.74, 6) is 0.144. The predicted octanol–water partition coefficient (Wildman–Crippen LogP) is 1.69. The highest BCUT2D eigenvalue weighted by molar-refractivity contribution is 7.80. The van der Waals surface area contributed by atoms with Crippen molar-refractivity contribution in [1.82, 2.24) is 4.90 Å². The van der Waals surface area contributed by atoms with E-state index in [2.05, 4.69) is 17.9 Å². The van der Waals surface area contributed by atoms with Gasteiger partial charge in [-0.1, -0.05) is 18.3 Å². The SMILES string of the molecule is CC(=O)N1CCCN(c2cc(C)ccc2C(N)=S)CC1. The van der Waals surface area contributed by atoms with Gasteiger partial charge in [0, 0.05) is 44.4 Å². The fourth-order valence-electron chi connectivity index (χ4n) is 2.58. The van der Waals surface area contributed by atoms with Gasteiger partial charge in [0.2, 0.25) is 5.91 Å². The molecule has 1 saturated heterocycles. The van der Waals surface area contributed by atoms with Crippen LogP contribution < -0.4 is 10.6 Å². The maximum absolute atomic E-state index is 11.5. The van der Waals surface area contributed by atoms with E-state index in [-0.39, 0.29) is 5.91 Å². The van der Waals surface area contributed by atoms with Crippen LogP contribution in [0.25, 0.3) is 0 Å². The molecule has 20 heavy (non-hydrogen) atoms. The quantitative estimate of drug-likeness (QED) is 0.843. The number of nitrogens with two attached hydrogens (primary N) is 1. The summed E-state index contributed by atoms with van der Waals surface area (Å²) in [5.41, 5.74) is 9.02. The van der Waals surface area contributed by atoms with Gasteiger partial charge in [0.1, 0.15) is 4.99 Å². The van der Waals surface area contributed by atoms with E-state index in [9.17, 15) is 4.79 Å². The highest BCUT2D eigenvalue weighted by Crippen LogP contribution is 2.23. The zero-order chi connectivity index (χ0) is 14.7. The monoisotopic (exact) mass is 291 g/mol. The zero-order valence-electron chi connectivity index (χ0n) is 12.1. The highest BCUT2D eigenvalue weighted by Gasteiger charge is 2.19. The number of aryl methyl sites for hydroxylation is 1. The molecule has 1 aliphatic heterocycles. The van der Waals surface area contributed by atoms with E-state index in [1.165, 1.54) is 5.56 Å². The summed E-state index contributed by atoms with van der Waals surface area (Å²) < 4.78 is 0. The number of carbonyl (C=O) groups is 1. The Morgan fingerprint density at radius 1 is 1.25 bits per heavy atom. The van der Waals surface area contributed by atoms with Crippen LogP contribution in [-0.2, 0) is 4.79 Å². The van der Waals surface area contributed by atoms with E-state index in [1.807, 2.05) is 17.0 Å². The maximum Gasteiger partial charge on any atom is 0.219 e. The van der Waals surface area contributed by atoms with E-state index in [4.69, 9.17) is 18.0 Å². The standard InChI is InChI=1S/C15H21N3OS/c1-11-4-5-13(15(16)20)14(10-11)18-7-3-6-17(8-9-18)12(2)19/h4-5,10H,3,6-9H2,1-2H3,(H2,16,20). The molecule has 0 unspecified atom stereocenters. The third-order valence-electron chi connectivity index (χ3n) is 3.70. The molecule has 5 heteroatoms. The van der Waals surface area contributed by atoms with Crippen LogP contribution in [0.3, 0.4) is 0 Å². The number of rotatable bonds is 2. The molecule has 0 bridgehead atoms. The lowest BCUT2D eigenvalue weighted by atomic mass is 10.1. The maximum atomic E-state index is 11.5. The number of anilines is 1. The molecule has 1 fully saturated rings. The first-order chi connectivity index (χ1) is 9.49. The Balaban J connectivity index is 2.25. The van der Waals surface area contributed by atoms with Gasteiger partial charge < -0.3 is 15.5 Å². The van der Waals surface area contributed by atoms with Crippen LogP contribution >= 0.6 is 12.2 Å². The molecule has 4 nitrogen and oxygen atoms in total. The summed E-state index contributed by atoms with van der Waals surface area (Å²) in [6.07, 6.45) is 0.963. The molecule has 1 aromatic carbocycles. The van der Waals surface area contributed by atoms with Gasteiger partial charge in [-0.25, -0.2) is 0 Å². The number of amides is 1. The number of carbonyl (C=O) groups excluding carboxylic acids is 1. The molecule has 0 atom stereocenters. The number of thiocarbonyl (C=S) groups is 1. The number of hydrogen-bond donors (Lipinski definition) is 1. The van der Waals surface area contributed by atoms with Gasteiger partial charge in [-0.05, 0) is 31.0 Å². The molecule has 1 heterocycles. The van der Waals surface area contributed by atoms with Gasteiger partial charge >= 0.3 is 0 Å². The number of nitrogens with zero attached hydrogens (tertiary/aromatic N) is 2. The van der Waals surface area contributed by atoms with Gasteiger partial charge in [-0.15, -0.1) is 0 Å². The largest absolute Gasteiger partial charge is 0.389 e. The van der Waals surface area contributed by atoms with Gasteiger partial charge in [-0.2, -0.15) is 0 Å². The minimum absolute atomic E-state index is 0.144. The Hall–Kier alpha value is -1.62. The molecule has 0 radical (unpaired) electrons. The lowest BCUT2D eigenvalue weighted by molar-refractivity contribution is -0.128. The van der Waals surface area contributed by atoms with Crippen LogP contribution in [0, 0.1) is 6.92 Å². The predicted molar refractivity (Wildman–Crippen MR) is 86.2 cm³/mol. The smallest absolute Gasteiger partial charge is 0.219 e. The summed E-state index contributed by atoms with van der Waals surface area (Å²) in [6.45, 7) is 7.00. The average Bonchev–Trinajstić information content (AvgIpc) is 2.63. The van der Waals surface area contributed by atoms with Crippen molar-refractivity contribution >= 4 is 28.8 Å². The van der Waals surface area contributed by atoms with Gasteiger partial charge in [-0.3, -0.25) is 4.79 Å². The molecule has 2 N–H and O–H groups in total. The van der Waals surface area contributed by atoms with Crippen molar-refractivity contribution in [1.29, 1.82) is 0 Å². The summed E-state index contributed by atoms with van der Waals surface area (Å²) in [6, 6.07) is 6.14. The third kappa shape index (κ3) is 3.28. The lowest BCUT2D eigenvalue weighted by Crippen LogP contribution is -2.34. The second-order valence-corrected chi connectivity index (χ2v) is 5.67. The summed E-state index contributed by atoms with van der Waals surface area (Å²) in [4.78, 5) is 16.1. The first kappa shape index (κ1) is 14.8. The van der Waals surface area contributed by atoms with Crippen molar-refractivity contribution in [3.63, 3.8) is 0 Å². The molecular weight excluding hydrogens is 270 g/mol. The molecule has 1 amide bonds. The minimum atomic E-state index is 0.144. The van der Waals surface area contributed by atoms with Crippen molar-refractivity contribution < 1.29 is 4.79 Å². The summed E-state index contributed by atoms with van der Waals surface area (Å²) in [5, 5.41) is 0. The molecule has 0 aromatic heterocycles. The van der Waals surface area contributed by atoms with E-state index >= 15 is 0 Å². The van der Waals surface area contributed by atoms with E-state index in [1.54, 1.807) is 6.92 Å². The fourth-order valence-corrected chi connectivity index (χ4v) is 2.76. The molecule has 0 spiro atoms. The van der Waals surface area contributed by atoms with E-state index < -0.39 is 0 Å². The molecule has 0 saturated carbocycles.